The molecular weight excluding hydrogens is 352 g/mol. The Morgan fingerprint density at radius 2 is 1.21 bits per heavy atom. The maximum absolute atomic E-state index is 5.21. The van der Waals surface area contributed by atoms with Crippen molar-refractivity contribution < 1.29 is 0 Å². The monoisotopic (exact) mass is 374 g/mol. The minimum absolute atomic E-state index is 0.945. The number of rotatable bonds is 2. The van der Waals surface area contributed by atoms with E-state index in [2.05, 4.69) is 110 Å². The summed E-state index contributed by atoms with van der Waals surface area (Å²) in [6.45, 7) is 4.34. The van der Waals surface area contributed by atoms with E-state index in [-0.39, 0.29) is 0 Å². The summed E-state index contributed by atoms with van der Waals surface area (Å²) in [4.78, 5) is 7.54. The van der Waals surface area contributed by atoms with Crippen LogP contribution in [0, 0.1) is 13.8 Å². The molecule has 0 bridgehead atoms. The van der Waals surface area contributed by atoms with Gasteiger partial charge in [0, 0.05) is 16.7 Å². The first-order chi connectivity index (χ1) is 14.2. The summed E-state index contributed by atoms with van der Waals surface area (Å²) in [5.74, 6) is 0.945. The molecule has 0 saturated heterocycles. The second-order valence-electron chi connectivity index (χ2n) is 7.41. The van der Waals surface area contributed by atoms with E-state index >= 15 is 0 Å². The maximum Gasteiger partial charge on any atom is 0.145 e. The summed E-state index contributed by atoms with van der Waals surface area (Å²) >= 11 is 0. The Labute approximate surface area is 171 Å². The van der Waals surface area contributed by atoms with Crippen molar-refractivity contribution in [3.05, 3.63) is 114 Å². The molecule has 0 atom stereocenters. The summed E-state index contributed by atoms with van der Waals surface area (Å²) in [5.41, 5.74) is 9.25. The molecule has 1 aliphatic rings. The van der Waals surface area contributed by atoms with E-state index in [1.54, 1.807) is 0 Å². The Kier molecular flexibility index (Phi) is 4.25. The fraction of sp³-hybridized carbons (Fsp3) is 0.0741. The Morgan fingerprint density at radius 3 is 1.97 bits per heavy atom. The van der Waals surface area contributed by atoms with Crippen molar-refractivity contribution in [2.24, 2.45) is 4.99 Å². The highest BCUT2D eigenvalue weighted by Gasteiger charge is 2.27. The van der Waals surface area contributed by atoms with Gasteiger partial charge in [0.15, 0.2) is 0 Å². The molecular formula is C27H22N2. The molecule has 1 aliphatic heterocycles. The second kappa shape index (κ2) is 7.06. The molecule has 2 nitrogen and oxygen atoms in total. The molecule has 0 aromatic heterocycles. The van der Waals surface area contributed by atoms with Gasteiger partial charge in [-0.25, -0.2) is 4.99 Å². The van der Waals surface area contributed by atoms with Crippen LogP contribution in [0.2, 0.25) is 0 Å². The second-order valence-corrected chi connectivity index (χ2v) is 7.41. The lowest BCUT2D eigenvalue weighted by molar-refractivity contribution is 1.25. The van der Waals surface area contributed by atoms with E-state index in [1.807, 2.05) is 6.07 Å². The number of anilines is 2. The standard InChI is InChI=1S/C27H22N2/c1-19-11-10-12-20(2)26(19)29-25-18-9-7-16-23(25)22-15-6-8-17-24(22)28-27(29)21-13-4-3-5-14-21/h3-18H,1-2H3. The van der Waals surface area contributed by atoms with Gasteiger partial charge in [0.05, 0.1) is 17.1 Å². The Bertz CT molecular complexity index is 1200. The van der Waals surface area contributed by atoms with Gasteiger partial charge in [0.1, 0.15) is 5.84 Å². The minimum Gasteiger partial charge on any atom is -0.293 e. The summed E-state index contributed by atoms with van der Waals surface area (Å²) in [7, 11) is 0. The van der Waals surface area contributed by atoms with Crippen molar-refractivity contribution >= 4 is 22.9 Å². The molecule has 4 aromatic carbocycles. The highest BCUT2D eigenvalue weighted by atomic mass is 15.2. The van der Waals surface area contributed by atoms with Crippen LogP contribution in [0.1, 0.15) is 16.7 Å². The molecule has 0 spiro atoms. The SMILES string of the molecule is Cc1cccc(C)c1N1C(c2ccccc2)=Nc2ccccc2-c2ccccc21. The molecule has 0 unspecified atom stereocenters. The number of hydrogen-bond donors (Lipinski definition) is 0. The largest absolute Gasteiger partial charge is 0.293 e. The van der Waals surface area contributed by atoms with Crippen LogP contribution in [0.15, 0.2) is 102 Å². The summed E-state index contributed by atoms with van der Waals surface area (Å²) in [6, 6.07) is 33.9. The number of para-hydroxylation sites is 3. The van der Waals surface area contributed by atoms with Gasteiger partial charge in [0.25, 0.3) is 0 Å². The van der Waals surface area contributed by atoms with Gasteiger partial charge in [-0.1, -0.05) is 84.9 Å². The molecule has 2 heteroatoms. The van der Waals surface area contributed by atoms with Gasteiger partial charge < -0.3 is 0 Å². The van der Waals surface area contributed by atoms with Crippen LogP contribution >= 0.6 is 0 Å². The van der Waals surface area contributed by atoms with Crippen LogP contribution in [0.4, 0.5) is 17.1 Å². The average Bonchev–Trinajstić information content (AvgIpc) is 2.90. The molecule has 0 saturated carbocycles. The molecule has 1 heterocycles. The summed E-state index contributed by atoms with van der Waals surface area (Å²) in [5, 5.41) is 0. The molecule has 0 fully saturated rings. The van der Waals surface area contributed by atoms with Gasteiger partial charge in [-0.15, -0.1) is 0 Å². The van der Waals surface area contributed by atoms with Crippen molar-refractivity contribution in [3.8, 4) is 11.1 Å². The first-order valence-corrected chi connectivity index (χ1v) is 9.93. The van der Waals surface area contributed by atoms with Crippen molar-refractivity contribution in [1.29, 1.82) is 0 Å². The van der Waals surface area contributed by atoms with Crippen molar-refractivity contribution in [3.63, 3.8) is 0 Å². The van der Waals surface area contributed by atoms with Gasteiger partial charge in [0.2, 0.25) is 0 Å². The van der Waals surface area contributed by atoms with Crippen LogP contribution in [0.5, 0.6) is 0 Å². The molecule has 0 radical (unpaired) electrons. The number of benzene rings is 4. The Balaban J connectivity index is 1.90. The maximum atomic E-state index is 5.21. The number of amidine groups is 1. The van der Waals surface area contributed by atoms with E-state index in [1.165, 1.54) is 22.4 Å². The predicted octanol–water partition coefficient (Wildman–Crippen LogP) is 7.20. The fourth-order valence-electron chi connectivity index (χ4n) is 4.14. The normalized spacial score (nSPS) is 12.6. The fourth-order valence-corrected chi connectivity index (χ4v) is 4.14. The van der Waals surface area contributed by atoms with E-state index in [9.17, 15) is 0 Å². The van der Waals surface area contributed by atoms with Crippen LogP contribution in [0.25, 0.3) is 11.1 Å². The molecule has 0 amide bonds. The van der Waals surface area contributed by atoms with Crippen LogP contribution in [-0.4, -0.2) is 5.84 Å². The highest BCUT2D eigenvalue weighted by molar-refractivity contribution is 6.19. The van der Waals surface area contributed by atoms with Gasteiger partial charge in [-0.2, -0.15) is 0 Å². The van der Waals surface area contributed by atoms with Crippen LogP contribution in [-0.2, 0) is 0 Å². The molecule has 0 aliphatic carbocycles. The first-order valence-electron chi connectivity index (χ1n) is 9.93. The highest BCUT2D eigenvalue weighted by Crippen LogP contribution is 2.44. The molecule has 5 rings (SSSR count). The first kappa shape index (κ1) is 17.4. The smallest absolute Gasteiger partial charge is 0.145 e. The van der Waals surface area contributed by atoms with Crippen molar-refractivity contribution in [1.82, 2.24) is 0 Å². The van der Waals surface area contributed by atoms with Crippen LogP contribution < -0.4 is 4.90 Å². The third kappa shape index (κ3) is 2.94. The zero-order valence-electron chi connectivity index (χ0n) is 16.6. The number of aliphatic imine (C=N–C) groups is 1. The van der Waals surface area contributed by atoms with Gasteiger partial charge >= 0.3 is 0 Å². The van der Waals surface area contributed by atoms with E-state index in [0.29, 0.717) is 0 Å². The van der Waals surface area contributed by atoms with Gasteiger partial charge in [-0.3, -0.25) is 4.90 Å². The van der Waals surface area contributed by atoms with Crippen LogP contribution in [0.3, 0.4) is 0 Å². The molecule has 29 heavy (non-hydrogen) atoms. The zero-order valence-corrected chi connectivity index (χ0v) is 16.6. The van der Waals surface area contributed by atoms with Gasteiger partial charge in [-0.05, 0) is 37.1 Å². The number of fused-ring (bicyclic) bond motifs is 3. The minimum atomic E-state index is 0.945. The average molecular weight is 374 g/mol. The quantitative estimate of drug-likeness (QED) is 0.362. The van der Waals surface area contributed by atoms with E-state index in [0.717, 1.165) is 28.3 Å². The molecule has 0 N–H and O–H groups in total. The lowest BCUT2D eigenvalue weighted by Gasteiger charge is -2.30. The number of nitrogens with zero attached hydrogens (tertiary/aromatic N) is 2. The molecule has 140 valence electrons. The van der Waals surface area contributed by atoms with Crippen molar-refractivity contribution in [2.75, 3.05) is 4.90 Å². The molecule has 4 aromatic rings. The number of hydrogen-bond acceptors (Lipinski definition) is 2. The zero-order chi connectivity index (χ0) is 19.8. The lowest BCUT2D eigenvalue weighted by Crippen LogP contribution is -2.28. The lowest BCUT2D eigenvalue weighted by atomic mass is 10.00. The van der Waals surface area contributed by atoms with Crippen molar-refractivity contribution in [2.45, 2.75) is 13.8 Å². The summed E-state index contributed by atoms with van der Waals surface area (Å²) < 4.78 is 0. The Hall–Kier alpha value is -3.65. The Morgan fingerprint density at radius 1 is 0.586 bits per heavy atom. The topological polar surface area (TPSA) is 15.6 Å². The number of aryl methyl sites for hydroxylation is 2. The van der Waals surface area contributed by atoms with E-state index in [4.69, 9.17) is 4.99 Å². The summed E-state index contributed by atoms with van der Waals surface area (Å²) in [6.07, 6.45) is 0. The van der Waals surface area contributed by atoms with E-state index < -0.39 is 0 Å². The third-order valence-electron chi connectivity index (χ3n) is 5.47. The third-order valence-corrected chi connectivity index (χ3v) is 5.47. The predicted molar refractivity (Wildman–Crippen MR) is 123 cm³/mol.